The predicted octanol–water partition coefficient (Wildman–Crippen LogP) is 2.67. The van der Waals surface area contributed by atoms with E-state index in [0.717, 1.165) is 0 Å². The van der Waals surface area contributed by atoms with E-state index < -0.39 is 20.7 Å². The number of esters is 1. The van der Waals surface area contributed by atoms with E-state index in [9.17, 15) is 19.6 Å². The fourth-order valence-corrected chi connectivity index (χ4v) is 2.84. The van der Waals surface area contributed by atoms with Crippen LogP contribution in [0.15, 0.2) is 35.2 Å². The van der Waals surface area contributed by atoms with E-state index in [0.29, 0.717) is 17.5 Å². The Hall–Kier alpha value is -3.03. The summed E-state index contributed by atoms with van der Waals surface area (Å²) in [7, 11) is -2.53. The molecule has 9 nitrogen and oxygen atoms in total. The number of pyridine rings is 1. The van der Waals surface area contributed by atoms with Crippen molar-refractivity contribution in [3.05, 3.63) is 47.3 Å². The molecule has 0 amide bonds. The Balaban J connectivity index is 2.09. The van der Waals surface area contributed by atoms with E-state index >= 15 is 0 Å². The van der Waals surface area contributed by atoms with Gasteiger partial charge >= 0.3 is 14.1 Å². The summed E-state index contributed by atoms with van der Waals surface area (Å²) >= 11 is 0. The fourth-order valence-electron chi connectivity index (χ4n) is 2.23. The number of nitrogens with zero attached hydrogens (tertiary/aromatic N) is 2. The molecule has 0 saturated carbocycles. The predicted molar refractivity (Wildman–Crippen MR) is 103 cm³/mol. The summed E-state index contributed by atoms with van der Waals surface area (Å²) in [5, 5.41) is 9.94. The van der Waals surface area contributed by atoms with Crippen LogP contribution in [0.3, 0.4) is 0 Å². The van der Waals surface area contributed by atoms with E-state index in [2.05, 4.69) is 9.73 Å². The van der Waals surface area contributed by atoms with Gasteiger partial charge in [-0.15, -0.1) is 0 Å². The third-order valence-corrected chi connectivity index (χ3v) is 4.29. The summed E-state index contributed by atoms with van der Waals surface area (Å²) in [5.41, 5.74) is 0.790. The second-order valence-electron chi connectivity index (χ2n) is 6.15. The number of carbonyl (C=O) groups excluding carboxylic acids is 2. The summed E-state index contributed by atoms with van der Waals surface area (Å²) in [5.74, 6) is -0.426. The van der Waals surface area contributed by atoms with Gasteiger partial charge in [-0.05, 0) is 32.9 Å². The number of carbonyl (C=O) groups is 2. The zero-order valence-electron chi connectivity index (χ0n) is 16.2. The number of aromatic hydroxyl groups is 1. The summed E-state index contributed by atoms with van der Waals surface area (Å²) in [6.07, 6.45) is 1.66. The van der Waals surface area contributed by atoms with Crippen LogP contribution in [-0.4, -0.2) is 35.0 Å². The van der Waals surface area contributed by atoms with Crippen molar-refractivity contribution in [1.82, 2.24) is 4.98 Å². The number of aromatic nitrogens is 1. The van der Waals surface area contributed by atoms with Crippen LogP contribution < -0.4 is 14.2 Å². The second kappa shape index (κ2) is 10.5. The molecule has 0 aliphatic rings. The number of aryl methyl sites for hydroxylation is 1. The monoisotopic (exact) mass is 420 g/mol. The highest BCUT2D eigenvalue weighted by atomic mass is 31.1. The van der Waals surface area contributed by atoms with Gasteiger partial charge in [-0.25, -0.2) is 4.79 Å². The van der Waals surface area contributed by atoms with Gasteiger partial charge in [0.25, 0.3) is 0 Å². The first-order chi connectivity index (χ1) is 13.8. The van der Waals surface area contributed by atoms with Gasteiger partial charge in [0.2, 0.25) is 5.75 Å². The molecule has 0 fully saturated rings. The highest BCUT2D eigenvalue weighted by Crippen LogP contribution is 2.33. The van der Waals surface area contributed by atoms with Crippen molar-refractivity contribution in [3.63, 3.8) is 0 Å². The number of benzene rings is 1. The maximum Gasteiger partial charge on any atom is 0.395 e. The molecule has 0 aliphatic carbocycles. The Morgan fingerprint density at radius 1 is 1.34 bits per heavy atom. The molecule has 0 saturated heterocycles. The van der Waals surface area contributed by atoms with Gasteiger partial charge in [0.1, 0.15) is 12.4 Å². The molecule has 2 rings (SSSR count). The van der Waals surface area contributed by atoms with Gasteiger partial charge in [-0.2, -0.15) is 0 Å². The largest absolute Gasteiger partial charge is 0.575 e. The average Bonchev–Trinajstić information content (AvgIpc) is 2.68. The molecule has 10 heteroatoms. The molecule has 1 aromatic carbocycles. The highest BCUT2D eigenvalue weighted by Gasteiger charge is 2.15. The van der Waals surface area contributed by atoms with E-state index in [1.54, 1.807) is 39.0 Å². The lowest BCUT2D eigenvalue weighted by Gasteiger charge is -2.11. The van der Waals surface area contributed by atoms with Gasteiger partial charge in [0.05, 0.1) is 17.4 Å². The van der Waals surface area contributed by atoms with E-state index in [-0.39, 0.29) is 35.5 Å². The number of ether oxygens (including phenoxy) is 2. The van der Waals surface area contributed by atoms with Gasteiger partial charge in [-0.1, -0.05) is 16.9 Å². The molecule has 2 aromatic rings. The molecule has 0 radical (unpaired) electrons. The number of hydrogen-bond acceptors (Lipinski definition) is 9. The van der Waals surface area contributed by atoms with E-state index in [4.69, 9.17) is 14.0 Å². The number of para-hydroxylation sites is 2. The molecule has 0 aliphatic heterocycles. The van der Waals surface area contributed by atoms with Crippen LogP contribution in [0, 0.1) is 6.92 Å². The Morgan fingerprint density at radius 2 is 2.03 bits per heavy atom. The van der Waals surface area contributed by atoms with Crippen molar-refractivity contribution in [2.24, 2.45) is 4.74 Å². The lowest BCUT2D eigenvalue weighted by molar-refractivity contribution is -0.169. The van der Waals surface area contributed by atoms with Gasteiger partial charge in [0, 0.05) is 11.8 Å². The zero-order valence-corrected chi connectivity index (χ0v) is 17.1. The van der Waals surface area contributed by atoms with Crippen molar-refractivity contribution >= 4 is 20.4 Å². The topological polar surface area (TPSA) is 130 Å². The molecular weight excluding hydrogens is 399 g/mol. The minimum Gasteiger partial charge on any atom is -0.575 e. The van der Waals surface area contributed by atoms with Crippen LogP contribution in [0.1, 0.15) is 35.5 Å². The first kappa shape index (κ1) is 22.3. The molecule has 1 N–H and O–H groups in total. The van der Waals surface area contributed by atoms with Crippen LogP contribution in [0.2, 0.25) is 0 Å². The standard InChI is InChI=1S/C19H21N2O7P/c1-12(2)27-18(23)9-21-29(25)28-17-7-5-4-6-16(17)26-11-14-8-20-13(3)19(24)15(14)10-22/h4-8,10,12,24H,9,11H2,1-3H3. The van der Waals surface area contributed by atoms with Crippen molar-refractivity contribution < 1.29 is 33.6 Å². The average molecular weight is 420 g/mol. The van der Waals surface area contributed by atoms with Crippen molar-refractivity contribution in [1.29, 1.82) is 0 Å². The van der Waals surface area contributed by atoms with Crippen molar-refractivity contribution in [3.8, 4) is 17.2 Å². The molecule has 0 bridgehead atoms. The van der Waals surface area contributed by atoms with Crippen LogP contribution in [-0.2, 0) is 16.1 Å². The molecule has 0 spiro atoms. The second-order valence-corrected chi connectivity index (χ2v) is 7.09. The third-order valence-electron chi connectivity index (χ3n) is 3.57. The van der Waals surface area contributed by atoms with Crippen molar-refractivity contribution in [2.75, 3.05) is 6.54 Å². The van der Waals surface area contributed by atoms with Crippen LogP contribution >= 0.6 is 8.17 Å². The lowest BCUT2D eigenvalue weighted by Crippen LogP contribution is -2.14. The van der Waals surface area contributed by atoms with Gasteiger partial charge < -0.3 is 19.5 Å². The summed E-state index contributed by atoms with van der Waals surface area (Å²) in [6, 6.07) is 6.43. The Kier molecular flexibility index (Phi) is 8.06. The minimum absolute atomic E-state index is 0.0794. The Labute approximate surface area is 168 Å². The Morgan fingerprint density at radius 3 is 2.69 bits per heavy atom. The zero-order chi connectivity index (χ0) is 21.4. The van der Waals surface area contributed by atoms with Crippen molar-refractivity contribution in [2.45, 2.75) is 33.5 Å². The Bertz CT molecular complexity index is 915. The normalized spacial score (nSPS) is 11.3. The molecule has 1 unspecified atom stereocenters. The van der Waals surface area contributed by atoms with E-state index in [1.165, 1.54) is 12.3 Å². The smallest absolute Gasteiger partial charge is 0.395 e. The number of aldehydes is 1. The molecule has 1 heterocycles. The SMILES string of the molecule is Cc1ncc(COc2ccccc2O[P+]([O-])=NCC(=O)OC(C)C)c(C=O)c1O. The molecular formula is C19H21N2O7P. The number of rotatable bonds is 9. The van der Waals surface area contributed by atoms with Crippen LogP contribution in [0.5, 0.6) is 17.2 Å². The molecule has 1 atom stereocenters. The first-order valence-corrected chi connectivity index (χ1v) is 9.81. The molecule has 154 valence electrons. The van der Waals surface area contributed by atoms with Gasteiger partial charge in [-0.3, -0.25) is 14.3 Å². The minimum atomic E-state index is -2.53. The lowest BCUT2D eigenvalue weighted by atomic mass is 10.1. The summed E-state index contributed by atoms with van der Waals surface area (Å²) < 4.78 is 19.5. The molecule has 1 aromatic heterocycles. The fraction of sp³-hybridized carbons (Fsp3) is 0.316. The van der Waals surface area contributed by atoms with E-state index in [1.807, 2.05) is 0 Å². The maximum absolute atomic E-state index is 12.0. The van der Waals surface area contributed by atoms with Crippen LogP contribution in [0.25, 0.3) is 0 Å². The molecule has 29 heavy (non-hydrogen) atoms. The first-order valence-electron chi connectivity index (χ1n) is 8.68. The maximum atomic E-state index is 12.0. The quantitative estimate of drug-likeness (QED) is 0.372. The highest BCUT2D eigenvalue weighted by molar-refractivity contribution is 7.34. The summed E-state index contributed by atoms with van der Waals surface area (Å²) in [6.45, 7) is 4.49. The van der Waals surface area contributed by atoms with Crippen LogP contribution in [0.4, 0.5) is 0 Å². The number of hydrogen-bond donors (Lipinski definition) is 1. The third kappa shape index (κ3) is 6.51. The summed E-state index contributed by atoms with van der Waals surface area (Å²) in [4.78, 5) is 38.8. The van der Waals surface area contributed by atoms with Gasteiger partial charge in [0.15, 0.2) is 18.6 Å².